The Hall–Kier alpha value is -2.28. The summed E-state index contributed by atoms with van der Waals surface area (Å²) in [6.07, 6.45) is 3.01. The second-order valence-corrected chi connectivity index (χ2v) is 9.18. The van der Waals surface area contributed by atoms with Gasteiger partial charge in [-0.3, -0.25) is 0 Å². The lowest BCUT2D eigenvalue weighted by Crippen LogP contribution is -2.49. The third-order valence-corrected chi connectivity index (χ3v) is 3.79. The third-order valence-electron chi connectivity index (χ3n) is 3.79. The van der Waals surface area contributed by atoms with Crippen LogP contribution in [0.15, 0.2) is 30.3 Å². The van der Waals surface area contributed by atoms with Gasteiger partial charge in [0.1, 0.15) is 11.2 Å². The van der Waals surface area contributed by atoms with Crippen molar-refractivity contribution in [2.45, 2.75) is 71.6 Å². The second-order valence-electron chi connectivity index (χ2n) is 9.18. The predicted octanol–water partition coefficient (Wildman–Crippen LogP) is 3.83. The van der Waals surface area contributed by atoms with Crippen molar-refractivity contribution in [1.29, 1.82) is 0 Å². The molecule has 0 saturated carbocycles. The number of nitrogens with one attached hydrogen (secondary N) is 3. The highest BCUT2D eigenvalue weighted by molar-refractivity contribution is 5.68. The summed E-state index contributed by atoms with van der Waals surface area (Å²) in [6, 6.07) is 10.1. The smallest absolute Gasteiger partial charge is 0.407 e. The van der Waals surface area contributed by atoms with Gasteiger partial charge >= 0.3 is 12.2 Å². The van der Waals surface area contributed by atoms with Crippen molar-refractivity contribution in [1.82, 2.24) is 16.0 Å². The van der Waals surface area contributed by atoms with Gasteiger partial charge in [0.15, 0.2) is 0 Å². The van der Waals surface area contributed by atoms with Crippen LogP contribution in [0, 0.1) is 6.42 Å². The van der Waals surface area contributed by atoms with Crippen LogP contribution in [0.2, 0.25) is 0 Å². The van der Waals surface area contributed by atoms with Gasteiger partial charge in [0, 0.05) is 19.1 Å². The van der Waals surface area contributed by atoms with Crippen LogP contribution in [0.5, 0.6) is 0 Å². The monoisotopic (exact) mass is 420 g/mol. The molecule has 30 heavy (non-hydrogen) atoms. The van der Waals surface area contributed by atoms with E-state index < -0.39 is 23.4 Å². The van der Waals surface area contributed by atoms with Crippen molar-refractivity contribution in [3.05, 3.63) is 42.3 Å². The van der Waals surface area contributed by atoms with Crippen LogP contribution in [0.1, 0.15) is 53.5 Å². The number of hydrogen-bond donors (Lipinski definition) is 3. The van der Waals surface area contributed by atoms with Crippen LogP contribution in [0.3, 0.4) is 0 Å². The fraction of sp³-hybridized carbons (Fsp3) is 0.609. The minimum Gasteiger partial charge on any atom is -0.444 e. The maximum Gasteiger partial charge on any atom is 0.407 e. The molecule has 0 fully saturated rings. The zero-order valence-corrected chi connectivity index (χ0v) is 19.2. The largest absolute Gasteiger partial charge is 0.444 e. The van der Waals surface area contributed by atoms with Crippen molar-refractivity contribution in [3.8, 4) is 0 Å². The number of carbonyl (C=O) groups is 2. The Bertz CT molecular complexity index is 604. The molecular weight excluding hydrogens is 382 g/mol. The van der Waals surface area contributed by atoms with Crippen LogP contribution >= 0.6 is 0 Å². The first-order valence-electron chi connectivity index (χ1n) is 10.5. The minimum absolute atomic E-state index is 0.157. The molecule has 3 N–H and O–H groups in total. The van der Waals surface area contributed by atoms with E-state index in [0.717, 1.165) is 19.4 Å². The Labute approximate surface area is 181 Å². The lowest BCUT2D eigenvalue weighted by atomic mass is 10.1. The van der Waals surface area contributed by atoms with Gasteiger partial charge in [-0.05, 0) is 72.9 Å². The number of benzene rings is 1. The summed E-state index contributed by atoms with van der Waals surface area (Å²) in [5.41, 5.74) is 0.148. The summed E-state index contributed by atoms with van der Waals surface area (Å²) < 4.78 is 10.6. The van der Waals surface area contributed by atoms with E-state index in [4.69, 9.17) is 9.47 Å². The van der Waals surface area contributed by atoms with Gasteiger partial charge in [0.2, 0.25) is 0 Å². The number of ether oxygens (including phenoxy) is 2. The highest BCUT2D eigenvalue weighted by Gasteiger charge is 2.19. The van der Waals surface area contributed by atoms with Gasteiger partial charge in [0.05, 0.1) is 0 Å². The number of alkyl carbamates (subject to hydrolysis) is 2. The molecule has 0 atom stereocenters. The van der Waals surface area contributed by atoms with Crippen LogP contribution in [-0.2, 0) is 15.9 Å². The molecule has 0 aliphatic rings. The molecule has 0 aliphatic heterocycles. The number of carbonyl (C=O) groups excluding carboxylic acids is 2. The number of unbranched alkanes of at least 4 members (excludes halogenated alkanes) is 1. The molecule has 1 rings (SSSR count). The first-order chi connectivity index (χ1) is 13.9. The maximum absolute atomic E-state index is 11.9. The van der Waals surface area contributed by atoms with Gasteiger partial charge in [-0.1, -0.05) is 30.3 Å². The summed E-state index contributed by atoms with van der Waals surface area (Å²) >= 11 is 0. The zero-order valence-electron chi connectivity index (χ0n) is 19.2. The molecule has 0 aromatic heterocycles. The Morgan fingerprint density at radius 3 is 1.87 bits per heavy atom. The number of hydrogen-bond acceptors (Lipinski definition) is 5. The minimum atomic E-state index is -0.561. The molecule has 1 aromatic rings. The standard InChI is InChI=1S/C23H38N3O4/c1-22(2,3)29-20(27)25-16-19(17-26-21(28)30-23(4,5)6)24-15-11-10-14-18-12-8-7-9-13-18/h7-10,12-13,19,24H,11,14-17H2,1-6H3,(H,25,27)(H,26,28). The number of amides is 2. The molecule has 0 unspecified atom stereocenters. The summed E-state index contributed by atoms with van der Waals surface area (Å²) in [7, 11) is 0. The van der Waals surface area contributed by atoms with E-state index >= 15 is 0 Å². The van der Waals surface area contributed by atoms with Crippen LogP contribution in [0.25, 0.3) is 0 Å². The van der Waals surface area contributed by atoms with Gasteiger partial charge in [-0.2, -0.15) is 0 Å². The lowest BCUT2D eigenvalue weighted by molar-refractivity contribution is 0.0515. The van der Waals surface area contributed by atoms with Crippen molar-refractivity contribution in [2.24, 2.45) is 0 Å². The molecule has 0 aliphatic carbocycles. The molecule has 169 valence electrons. The van der Waals surface area contributed by atoms with E-state index in [1.807, 2.05) is 59.7 Å². The summed E-state index contributed by atoms with van der Waals surface area (Å²) in [5, 5.41) is 8.87. The van der Waals surface area contributed by atoms with Crippen molar-refractivity contribution in [2.75, 3.05) is 19.6 Å². The zero-order chi connectivity index (χ0) is 22.6. The summed E-state index contributed by atoms with van der Waals surface area (Å²) in [6.45, 7) is 12.3. The molecule has 0 bridgehead atoms. The van der Waals surface area contributed by atoms with Gasteiger partial charge < -0.3 is 25.4 Å². The average molecular weight is 421 g/mol. The Balaban J connectivity index is 2.43. The maximum atomic E-state index is 11.9. The topological polar surface area (TPSA) is 88.7 Å². The Morgan fingerprint density at radius 1 is 0.900 bits per heavy atom. The molecule has 1 radical (unpaired) electrons. The third kappa shape index (κ3) is 13.8. The molecule has 7 nitrogen and oxygen atoms in total. The lowest BCUT2D eigenvalue weighted by Gasteiger charge is -2.24. The van der Waals surface area contributed by atoms with Crippen molar-refractivity contribution in [3.63, 3.8) is 0 Å². The fourth-order valence-corrected chi connectivity index (χ4v) is 2.53. The first kappa shape index (κ1) is 25.8. The van der Waals surface area contributed by atoms with Crippen molar-refractivity contribution >= 4 is 12.2 Å². The Morgan fingerprint density at radius 2 is 1.40 bits per heavy atom. The second kappa shape index (κ2) is 12.4. The molecular formula is C23H38N3O4. The van der Waals surface area contributed by atoms with Gasteiger partial charge in [0.25, 0.3) is 0 Å². The van der Waals surface area contributed by atoms with Gasteiger partial charge in [-0.15, -0.1) is 0 Å². The van der Waals surface area contributed by atoms with E-state index in [1.54, 1.807) is 0 Å². The van der Waals surface area contributed by atoms with E-state index in [2.05, 4.69) is 34.5 Å². The van der Waals surface area contributed by atoms with Crippen molar-refractivity contribution < 1.29 is 19.1 Å². The molecule has 0 saturated heterocycles. The SMILES string of the molecule is CC(C)(C)OC(=O)NCC(CNC(=O)OC(C)(C)C)NCC[CH]Cc1ccccc1. The molecule has 0 heterocycles. The summed E-state index contributed by atoms with van der Waals surface area (Å²) in [5.74, 6) is 0. The highest BCUT2D eigenvalue weighted by atomic mass is 16.6. The van der Waals surface area contributed by atoms with E-state index in [0.29, 0.717) is 13.1 Å². The van der Waals surface area contributed by atoms with Crippen LogP contribution < -0.4 is 16.0 Å². The quantitative estimate of drug-likeness (QED) is 0.501. The van der Waals surface area contributed by atoms with E-state index in [1.165, 1.54) is 5.56 Å². The molecule has 1 aromatic carbocycles. The molecule has 0 spiro atoms. The fourth-order valence-electron chi connectivity index (χ4n) is 2.53. The summed E-state index contributed by atoms with van der Waals surface area (Å²) in [4.78, 5) is 23.9. The van der Waals surface area contributed by atoms with Gasteiger partial charge in [-0.25, -0.2) is 9.59 Å². The van der Waals surface area contributed by atoms with E-state index in [9.17, 15) is 9.59 Å². The Kier molecular flexibility index (Phi) is 10.7. The first-order valence-corrected chi connectivity index (χ1v) is 10.5. The normalized spacial score (nSPS) is 11.8. The average Bonchev–Trinajstić information content (AvgIpc) is 2.61. The highest BCUT2D eigenvalue weighted by Crippen LogP contribution is 2.07. The van der Waals surface area contributed by atoms with Crippen LogP contribution in [0.4, 0.5) is 9.59 Å². The number of rotatable bonds is 10. The van der Waals surface area contributed by atoms with E-state index in [-0.39, 0.29) is 6.04 Å². The molecule has 7 heteroatoms. The molecule has 2 amide bonds. The van der Waals surface area contributed by atoms with Crippen LogP contribution in [-0.4, -0.2) is 49.1 Å². The predicted molar refractivity (Wildman–Crippen MR) is 119 cm³/mol.